The number of rotatable bonds is 14. The molecule has 6 heteroatoms. The lowest BCUT2D eigenvalue weighted by molar-refractivity contribution is -0.146. The fraction of sp³-hybridized carbons (Fsp3) is 0.714. The molecule has 0 spiro atoms. The van der Waals surface area contributed by atoms with E-state index in [1.165, 1.54) is 38.5 Å². The maximum atomic E-state index is 12.0. The Morgan fingerprint density at radius 1 is 0.647 bits per heavy atom. The second kappa shape index (κ2) is 15.6. The van der Waals surface area contributed by atoms with Crippen LogP contribution in [0.4, 0.5) is 0 Å². The Bertz CT molecular complexity index is 664. The van der Waals surface area contributed by atoms with Gasteiger partial charge in [0.15, 0.2) is 0 Å². The van der Waals surface area contributed by atoms with Gasteiger partial charge >= 0.3 is 11.9 Å². The first-order valence-corrected chi connectivity index (χ1v) is 13.4. The monoisotopic (exact) mass is 474 g/mol. The molecule has 0 bridgehead atoms. The Morgan fingerprint density at radius 2 is 1.09 bits per heavy atom. The summed E-state index contributed by atoms with van der Waals surface area (Å²) in [5, 5.41) is 0. The molecule has 1 aromatic rings. The highest BCUT2D eigenvalue weighted by Crippen LogP contribution is 2.27. The lowest BCUT2D eigenvalue weighted by atomic mass is 9.87. The van der Waals surface area contributed by atoms with E-state index in [-0.39, 0.29) is 11.9 Å². The molecule has 0 unspecified atom stereocenters. The van der Waals surface area contributed by atoms with Crippen molar-refractivity contribution in [2.24, 2.45) is 11.8 Å². The molecule has 6 nitrogen and oxygen atoms in total. The SMILES string of the molecule is O=C(CC1CCCCC1)OCCCOc1cccc(OCCCOC(=O)CC2CCCCC2)c1. The lowest BCUT2D eigenvalue weighted by Gasteiger charge is -2.20. The standard InChI is InChI=1S/C28H42O6/c29-27(20-23-10-3-1-4-11-23)33-18-8-16-31-25-14-7-15-26(22-25)32-17-9-19-34-28(30)21-24-12-5-2-6-13-24/h7,14-15,22-24H,1-6,8-13,16-21H2. The van der Waals surface area contributed by atoms with Crippen LogP contribution in [0.2, 0.25) is 0 Å². The van der Waals surface area contributed by atoms with Crippen LogP contribution in [-0.4, -0.2) is 38.4 Å². The van der Waals surface area contributed by atoms with E-state index in [2.05, 4.69) is 0 Å². The van der Waals surface area contributed by atoms with Crippen molar-refractivity contribution in [1.82, 2.24) is 0 Å². The van der Waals surface area contributed by atoms with Gasteiger partial charge < -0.3 is 18.9 Å². The second-order valence-corrected chi connectivity index (χ2v) is 9.74. The van der Waals surface area contributed by atoms with Crippen LogP contribution in [0, 0.1) is 11.8 Å². The molecule has 1 aromatic carbocycles. The lowest BCUT2D eigenvalue weighted by Crippen LogP contribution is -2.15. The average molecular weight is 475 g/mol. The minimum Gasteiger partial charge on any atom is -0.493 e. The topological polar surface area (TPSA) is 71.1 Å². The van der Waals surface area contributed by atoms with Crippen molar-refractivity contribution in [1.29, 1.82) is 0 Å². The number of hydrogen-bond donors (Lipinski definition) is 0. The van der Waals surface area contributed by atoms with E-state index in [4.69, 9.17) is 18.9 Å². The Morgan fingerprint density at radius 3 is 1.53 bits per heavy atom. The van der Waals surface area contributed by atoms with Crippen molar-refractivity contribution in [2.75, 3.05) is 26.4 Å². The molecule has 0 heterocycles. The molecule has 0 N–H and O–H groups in total. The van der Waals surface area contributed by atoms with E-state index in [1.54, 1.807) is 0 Å². The van der Waals surface area contributed by atoms with Crippen LogP contribution in [0.1, 0.15) is 89.9 Å². The van der Waals surface area contributed by atoms with Crippen LogP contribution in [0.3, 0.4) is 0 Å². The summed E-state index contributed by atoms with van der Waals surface area (Å²) >= 11 is 0. The zero-order valence-corrected chi connectivity index (χ0v) is 20.6. The maximum Gasteiger partial charge on any atom is 0.306 e. The highest BCUT2D eigenvalue weighted by Gasteiger charge is 2.18. The van der Waals surface area contributed by atoms with Crippen molar-refractivity contribution in [3.8, 4) is 11.5 Å². The van der Waals surface area contributed by atoms with Crippen molar-refractivity contribution in [3.05, 3.63) is 24.3 Å². The molecular formula is C28H42O6. The van der Waals surface area contributed by atoms with E-state index in [0.29, 0.717) is 63.9 Å². The zero-order chi connectivity index (χ0) is 23.8. The summed E-state index contributed by atoms with van der Waals surface area (Å²) in [4.78, 5) is 23.9. The number of benzene rings is 1. The van der Waals surface area contributed by atoms with Gasteiger partial charge in [0.25, 0.3) is 0 Å². The molecule has 0 atom stereocenters. The highest BCUT2D eigenvalue weighted by atomic mass is 16.5. The minimum atomic E-state index is -0.0815. The van der Waals surface area contributed by atoms with Gasteiger partial charge in [0.1, 0.15) is 11.5 Å². The smallest absolute Gasteiger partial charge is 0.306 e. The van der Waals surface area contributed by atoms with E-state index < -0.39 is 0 Å². The Hall–Kier alpha value is -2.24. The summed E-state index contributed by atoms with van der Waals surface area (Å²) in [6, 6.07) is 7.51. The van der Waals surface area contributed by atoms with Crippen LogP contribution in [0.25, 0.3) is 0 Å². The molecule has 0 radical (unpaired) electrons. The van der Waals surface area contributed by atoms with E-state index in [0.717, 1.165) is 37.2 Å². The van der Waals surface area contributed by atoms with Crippen LogP contribution in [-0.2, 0) is 19.1 Å². The summed E-state index contributed by atoms with van der Waals surface area (Å²) < 4.78 is 22.3. The van der Waals surface area contributed by atoms with Crippen molar-refractivity contribution in [2.45, 2.75) is 89.9 Å². The minimum absolute atomic E-state index is 0.0815. The molecule has 34 heavy (non-hydrogen) atoms. The van der Waals surface area contributed by atoms with Gasteiger partial charge in [0.05, 0.1) is 26.4 Å². The molecular weight excluding hydrogens is 432 g/mol. The predicted molar refractivity (Wildman–Crippen MR) is 131 cm³/mol. The number of carbonyl (C=O) groups is 2. The zero-order valence-electron chi connectivity index (χ0n) is 20.6. The molecule has 0 saturated heterocycles. The molecule has 0 aromatic heterocycles. The first-order chi connectivity index (χ1) is 16.7. The average Bonchev–Trinajstić information content (AvgIpc) is 2.85. The van der Waals surface area contributed by atoms with Crippen LogP contribution < -0.4 is 9.47 Å². The molecule has 190 valence electrons. The first-order valence-electron chi connectivity index (χ1n) is 13.4. The van der Waals surface area contributed by atoms with Gasteiger partial charge in [-0.2, -0.15) is 0 Å². The number of hydrogen-bond acceptors (Lipinski definition) is 6. The largest absolute Gasteiger partial charge is 0.493 e. The highest BCUT2D eigenvalue weighted by molar-refractivity contribution is 5.70. The molecule has 3 rings (SSSR count). The number of ether oxygens (including phenoxy) is 4. The Labute approximate surface area is 204 Å². The summed E-state index contributed by atoms with van der Waals surface area (Å²) in [7, 11) is 0. The molecule has 2 aliphatic rings. The van der Waals surface area contributed by atoms with Gasteiger partial charge in [-0.25, -0.2) is 0 Å². The third-order valence-electron chi connectivity index (χ3n) is 6.81. The molecule has 2 aliphatic carbocycles. The van der Waals surface area contributed by atoms with Gasteiger partial charge in [-0.05, 0) is 49.7 Å². The van der Waals surface area contributed by atoms with Gasteiger partial charge in [-0.15, -0.1) is 0 Å². The van der Waals surface area contributed by atoms with Crippen molar-refractivity contribution >= 4 is 11.9 Å². The van der Waals surface area contributed by atoms with Gasteiger partial charge in [-0.1, -0.05) is 44.6 Å². The van der Waals surface area contributed by atoms with Crippen LogP contribution in [0.5, 0.6) is 11.5 Å². The van der Waals surface area contributed by atoms with Crippen LogP contribution >= 0.6 is 0 Å². The third kappa shape index (κ3) is 10.8. The first kappa shape index (κ1) is 26.4. The van der Waals surface area contributed by atoms with Gasteiger partial charge in [0.2, 0.25) is 0 Å². The summed E-state index contributed by atoms with van der Waals surface area (Å²) in [6.45, 7) is 1.75. The molecule has 0 aliphatic heterocycles. The third-order valence-corrected chi connectivity index (χ3v) is 6.81. The molecule has 2 saturated carbocycles. The van der Waals surface area contributed by atoms with Crippen LogP contribution in [0.15, 0.2) is 24.3 Å². The summed E-state index contributed by atoms with van der Waals surface area (Å²) in [5.74, 6) is 2.31. The number of carbonyl (C=O) groups excluding carboxylic acids is 2. The summed E-state index contributed by atoms with van der Waals surface area (Å²) in [5.41, 5.74) is 0. The summed E-state index contributed by atoms with van der Waals surface area (Å²) in [6.07, 6.45) is 14.6. The number of esters is 2. The van der Waals surface area contributed by atoms with Crippen molar-refractivity contribution < 1.29 is 28.5 Å². The quantitative estimate of drug-likeness (QED) is 0.234. The maximum absolute atomic E-state index is 12.0. The van der Waals surface area contributed by atoms with Gasteiger partial charge in [-0.3, -0.25) is 9.59 Å². The predicted octanol–water partition coefficient (Wildman–Crippen LogP) is 6.25. The fourth-order valence-corrected chi connectivity index (χ4v) is 4.90. The van der Waals surface area contributed by atoms with E-state index >= 15 is 0 Å². The molecule has 0 amide bonds. The Balaban J connectivity index is 1.20. The van der Waals surface area contributed by atoms with E-state index in [1.807, 2.05) is 24.3 Å². The van der Waals surface area contributed by atoms with Crippen molar-refractivity contribution in [3.63, 3.8) is 0 Å². The molecule has 2 fully saturated rings. The second-order valence-electron chi connectivity index (χ2n) is 9.74. The van der Waals surface area contributed by atoms with Gasteiger partial charge in [0, 0.05) is 31.7 Å². The normalized spacial score (nSPS) is 17.2. The van der Waals surface area contributed by atoms with E-state index in [9.17, 15) is 9.59 Å². The fourth-order valence-electron chi connectivity index (χ4n) is 4.90. The Kier molecular flexibility index (Phi) is 12.1.